The molecule has 0 aromatic heterocycles. The maximum atomic E-state index is 5.72. The first-order chi connectivity index (χ1) is 9.31. The maximum absolute atomic E-state index is 5.72. The highest BCUT2D eigenvalue weighted by molar-refractivity contribution is 5.01. The zero-order chi connectivity index (χ0) is 13.9. The Kier molecular flexibility index (Phi) is 7.87. The second kappa shape index (κ2) is 9.54. The van der Waals surface area contributed by atoms with E-state index < -0.39 is 6.29 Å². The van der Waals surface area contributed by atoms with E-state index >= 15 is 0 Å². The molecule has 0 bridgehead atoms. The third-order valence-corrected chi connectivity index (χ3v) is 2.39. The Morgan fingerprint density at radius 1 is 1.21 bits per heavy atom. The minimum absolute atomic E-state index is 0.187. The molecule has 0 N–H and O–H groups in total. The van der Waals surface area contributed by atoms with Crippen molar-refractivity contribution in [1.29, 1.82) is 0 Å². The van der Waals surface area contributed by atoms with Crippen LogP contribution in [0.1, 0.15) is 0 Å². The van der Waals surface area contributed by atoms with Gasteiger partial charge in [-0.1, -0.05) is 24.1 Å². The van der Waals surface area contributed by atoms with E-state index in [9.17, 15) is 0 Å². The average molecular weight is 264 g/mol. The molecule has 3 atom stereocenters. The van der Waals surface area contributed by atoms with Crippen LogP contribution >= 0.6 is 0 Å². The topological polar surface area (TPSA) is 36.9 Å². The van der Waals surface area contributed by atoms with Gasteiger partial charge in [0.25, 0.3) is 0 Å². The van der Waals surface area contributed by atoms with Gasteiger partial charge < -0.3 is 18.9 Å². The average Bonchev–Trinajstić information content (AvgIpc) is 2.44. The molecule has 0 radical (unpaired) electrons. The third-order valence-electron chi connectivity index (χ3n) is 2.39. The van der Waals surface area contributed by atoms with Gasteiger partial charge in [0.05, 0.1) is 19.8 Å². The van der Waals surface area contributed by atoms with E-state index in [1.807, 2.05) is 6.08 Å². The predicted molar refractivity (Wildman–Crippen MR) is 73.5 cm³/mol. The molecule has 1 aliphatic heterocycles. The summed E-state index contributed by atoms with van der Waals surface area (Å²) in [5, 5.41) is 0. The molecule has 1 aliphatic rings. The Morgan fingerprint density at radius 2 is 2.00 bits per heavy atom. The second-order valence-electron chi connectivity index (χ2n) is 3.86. The van der Waals surface area contributed by atoms with Crippen molar-refractivity contribution >= 4 is 0 Å². The van der Waals surface area contributed by atoms with Crippen molar-refractivity contribution in [1.82, 2.24) is 0 Å². The lowest BCUT2D eigenvalue weighted by Gasteiger charge is -2.31. The number of rotatable bonds is 9. The fraction of sp³-hybridized carbons (Fsp3) is 0.467. The van der Waals surface area contributed by atoms with Gasteiger partial charge in [-0.25, -0.2) is 0 Å². The summed E-state index contributed by atoms with van der Waals surface area (Å²) in [5.41, 5.74) is 0. The third kappa shape index (κ3) is 5.86. The van der Waals surface area contributed by atoms with Gasteiger partial charge >= 0.3 is 0 Å². The van der Waals surface area contributed by atoms with E-state index in [0.29, 0.717) is 19.8 Å². The number of hydrogen-bond acceptors (Lipinski definition) is 4. The second-order valence-corrected chi connectivity index (χ2v) is 3.86. The van der Waals surface area contributed by atoms with Gasteiger partial charge in [0.1, 0.15) is 18.8 Å². The molecular weight excluding hydrogens is 244 g/mol. The quantitative estimate of drug-likeness (QED) is 0.361. The van der Waals surface area contributed by atoms with Crippen molar-refractivity contribution in [3.63, 3.8) is 0 Å². The van der Waals surface area contributed by atoms with Gasteiger partial charge in [0.15, 0.2) is 6.29 Å². The molecule has 0 aromatic rings. The molecule has 19 heavy (non-hydrogen) atoms. The first-order valence-corrected chi connectivity index (χ1v) is 6.11. The molecule has 1 heterocycles. The van der Waals surface area contributed by atoms with Crippen LogP contribution in [0.3, 0.4) is 0 Å². The summed E-state index contributed by atoms with van der Waals surface area (Å²) >= 11 is 0. The van der Waals surface area contributed by atoms with E-state index in [2.05, 4.69) is 19.1 Å². The summed E-state index contributed by atoms with van der Waals surface area (Å²) in [6.07, 6.45) is 11.3. The van der Waals surface area contributed by atoms with Crippen LogP contribution < -0.4 is 0 Å². The van der Waals surface area contributed by atoms with Gasteiger partial charge in [-0.3, -0.25) is 0 Å². The minimum atomic E-state index is -0.461. The van der Waals surface area contributed by atoms with Crippen LogP contribution in [0.2, 0.25) is 0 Å². The van der Waals surface area contributed by atoms with Crippen LogP contribution in [0.5, 0.6) is 0 Å². The van der Waals surface area contributed by atoms with Gasteiger partial charge in [0, 0.05) is 0 Å². The van der Waals surface area contributed by atoms with Crippen molar-refractivity contribution in [2.45, 2.75) is 18.5 Å². The van der Waals surface area contributed by atoms with Crippen LogP contribution in [0.15, 0.2) is 37.5 Å². The maximum Gasteiger partial charge on any atom is 0.178 e. The van der Waals surface area contributed by atoms with Crippen LogP contribution in [0.25, 0.3) is 0 Å². The fourth-order valence-corrected chi connectivity index (χ4v) is 1.59. The Labute approximate surface area is 114 Å². The van der Waals surface area contributed by atoms with Gasteiger partial charge in [-0.15, -0.1) is 19.6 Å². The molecule has 0 spiro atoms. The summed E-state index contributed by atoms with van der Waals surface area (Å²) in [6.45, 7) is 8.73. The Bertz CT molecular complexity index is 343. The Morgan fingerprint density at radius 3 is 2.68 bits per heavy atom. The normalized spacial score (nSPS) is 25.7. The van der Waals surface area contributed by atoms with E-state index in [1.54, 1.807) is 18.2 Å². The standard InChI is InChI=1S/C15H20O4/c1-4-9-16-12-14-13(17-10-5-2)7-8-15(19-14)18-11-6-3/h3-5,7-8,13-15H,1-2,9-12H2/t13-,14+,15-/m0/s1. The highest BCUT2D eigenvalue weighted by Crippen LogP contribution is 2.17. The SMILES string of the molecule is C#CCO[C@@H]1C=C[C@H](OCC=C)[C@@H](COCC=C)O1. The van der Waals surface area contributed by atoms with Crippen molar-refractivity contribution in [2.75, 3.05) is 26.4 Å². The zero-order valence-electron chi connectivity index (χ0n) is 11.0. The van der Waals surface area contributed by atoms with E-state index in [0.717, 1.165) is 0 Å². The van der Waals surface area contributed by atoms with Crippen molar-refractivity contribution in [3.05, 3.63) is 37.5 Å². The zero-order valence-corrected chi connectivity index (χ0v) is 11.0. The summed E-state index contributed by atoms with van der Waals surface area (Å²) < 4.78 is 22.0. The number of ether oxygens (including phenoxy) is 4. The van der Waals surface area contributed by atoms with Crippen LogP contribution in [-0.4, -0.2) is 44.9 Å². The monoisotopic (exact) mass is 264 g/mol. The summed E-state index contributed by atoms with van der Waals surface area (Å²) in [6, 6.07) is 0. The van der Waals surface area contributed by atoms with Gasteiger partial charge in [-0.05, 0) is 6.08 Å². The van der Waals surface area contributed by atoms with Crippen LogP contribution in [-0.2, 0) is 18.9 Å². The molecule has 0 fully saturated rings. The smallest absolute Gasteiger partial charge is 0.178 e. The first kappa shape index (κ1) is 15.7. The molecule has 0 saturated carbocycles. The molecule has 1 rings (SSSR count). The molecule has 0 unspecified atom stereocenters. The lowest BCUT2D eigenvalue weighted by atomic mass is 10.1. The molecule has 104 valence electrons. The number of hydrogen-bond donors (Lipinski definition) is 0. The minimum Gasteiger partial charge on any atom is -0.375 e. The lowest BCUT2D eigenvalue weighted by Crippen LogP contribution is -2.41. The molecular formula is C15H20O4. The van der Waals surface area contributed by atoms with Crippen LogP contribution in [0.4, 0.5) is 0 Å². The highest BCUT2D eigenvalue weighted by atomic mass is 16.7. The van der Waals surface area contributed by atoms with Crippen molar-refractivity contribution < 1.29 is 18.9 Å². The van der Waals surface area contributed by atoms with E-state index in [-0.39, 0.29) is 18.8 Å². The Hall–Kier alpha value is -1.38. The predicted octanol–water partition coefficient (Wildman–Crippen LogP) is 1.69. The molecule has 0 saturated heterocycles. The molecule has 4 heteroatoms. The summed E-state index contributed by atoms with van der Waals surface area (Å²) in [7, 11) is 0. The first-order valence-electron chi connectivity index (χ1n) is 6.11. The summed E-state index contributed by atoms with van der Waals surface area (Å²) in [5.74, 6) is 2.40. The van der Waals surface area contributed by atoms with E-state index in [4.69, 9.17) is 25.4 Å². The molecule has 0 aromatic carbocycles. The van der Waals surface area contributed by atoms with Crippen molar-refractivity contribution in [2.24, 2.45) is 0 Å². The summed E-state index contributed by atoms with van der Waals surface area (Å²) in [4.78, 5) is 0. The van der Waals surface area contributed by atoms with Gasteiger partial charge in [-0.2, -0.15) is 0 Å². The largest absolute Gasteiger partial charge is 0.375 e. The van der Waals surface area contributed by atoms with Crippen LogP contribution in [0, 0.1) is 12.3 Å². The highest BCUT2D eigenvalue weighted by Gasteiger charge is 2.28. The molecule has 0 amide bonds. The van der Waals surface area contributed by atoms with Gasteiger partial charge in [0.2, 0.25) is 0 Å². The molecule has 4 nitrogen and oxygen atoms in total. The van der Waals surface area contributed by atoms with E-state index in [1.165, 1.54) is 0 Å². The Balaban J connectivity index is 2.53. The fourth-order valence-electron chi connectivity index (χ4n) is 1.59. The molecule has 0 aliphatic carbocycles. The lowest BCUT2D eigenvalue weighted by molar-refractivity contribution is -0.185. The number of terminal acetylenes is 1. The van der Waals surface area contributed by atoms with Crippen molar-refractivity contribution in [3.8, 4) is 12.3 Å².